The molecule has 0 aliphatic carbocycles. The molecule has 0 aliphatic heterocycles. The first kappa shape index (κ1) is 16.3. The molecule has 0 N–H and O–H groups in total. The summed E-state index contributed by atoms with van der Waals surface area (Å²) in [5.41, 5.74) is 4.44. The van der Waals surface area contributed by atoms with Gasteiger partial charge in [0, 0.05) is 12.0 Å². The quantitative estimate of drug-likeness (QED) is 0.390. The Labute approximate surface area is 153 Å². The molecule has 0 bridgehead atoms. The van der Waals surface area contributed by atoms with Gasteiger partial charge in [0.05, 0.1) is 0 Å². The molecule has 0 saturated carbocycles. The predicted molar refractivity (Wildman–Crippen MR) is 108 cm³/mol. The summed E-state index contributed by atoms with van der Waals surface area (Å²) in [5.74, 6) is 0.198. The Hall–Kier alpha value is -3.19. The maximum absolute atomic E-state index is 12.3. The molecule has 126 valence electrons. The standard InChI is InChI=1S/C25H20O/c26-25(22-8-2-1-3-9-22)18-15-19-13-16-21(17-14-19)24-12-6-10-20-7-4-5-11-23(20)24/h1-14,16-17H,15,18H2. The van der Waals surface area contributed by atoms with Gasteiger partial charge in [-0.15, -0.1) is 0 Å². The van der Waals surface area contributed by atoms with E-state index in [2.05, 4.69) is 66.7 Å². The number of Topliss-reactive ketones (excluding diaryl/α,β-unsaturated/α-hetero) is 1. The molecule has 0 atom stereocenters. The van der Waals surface area contributed by atoms with Gasteiger partial charge in [0.25, 0.3) is 0 Å². The van der Waals surface area contributed by atoms with Crippen molar-refractivity contribution in [2.45, 2.75) is 12.8 Å². The largest absolute Gasteiger partial charge is 0.294 e. The second-order valence-electron chi connectivity index (χ2n) is 6.51. The average Bonchev–Trinajstić information content (AvgIpc) is 2.72. The van der Waals surface area contributed by atoms with Gasteiger partial charge < -0.3 is 0 Å². The molecule has 1 nitrogen and oxygen atoms in total. The molecule has 0 radical (unpaired) electrons. The third-order valence-electron chi connectivity index (χ3n) is 4.79. The smallest absolute Gasteiger partial charge is 0.163 e. The summed E-state index contributed by atoms with van der Waals surface area (Å²) in [5, 5.41) is 2.52. The van der Waals surface area contributed by atoms with Crippen LogP contribution in [0.4, 0.5) is 0 Å². The minimum absolute atomic E-state index is 0.198. The SMILES string of the molecule is O=C(CCc1ccc(-c2cccc3ccccc23)cc1)c1ccccc1. The lowest BCUT2D eigenvalue weighted by Crippen LogP contribution is -2.00. The molecular formula is C25H20O. The Bertz CT molecular complexity index is 1030. The number of benzene rings is 4. The maximum Gasteiger partial charge on any atom is 0.163 e. The van der Waals surface area contributed by atoms with Crippen molar-refractivity contribution in [1.82, 2.24) is 0 Å². The molecule has 0 spiro atoms. The number of hydrogen-bond acceptors (Lipinski definition) is 1. The molecule has 0 amide bonds. The number of hydrogen-bond donors (Lipinski definition) is 0. The van der Waals surface area contributed by atoms with Crippen LogP contribution in [0.5, 0.6) is 0 Å². The fourth-order valence-corrected chi connectivity index (χ4v) is 3.35. The molecule has 26 heavy (non-hydrogen) atoms. The van der Waals surface area contributed by atoms with E-state index in [1.807, 2.05) is 30.3 Å². The lowest BCUT2D eigenvalue weighted by atomic mass is 9.96. The molecule has 4 rings (SSSR count). The van der Waals surface area contributed by atoms with Crippen LogP contribution in [0.1, 0.15) is 22.3 Å². The Balaban J connectivity index is 1.51. The zero-order chi connectivity index (χ0) is 17.8. The zero-order valence-corrected chi connectivity index (χ0v) is 14.6. The maximum atomic E-state index is 12.3. The van der Waals surface area contributed by atoms with Crippen molar-refractivity contribution >= 4 is 16.6 Å². The van der Waals surface area contributed by atoms with Crippen molar-refractivity contribution < 1.29 is 4.79 Å². The summed E-state index contributed by atoms with van der Waals surface area (Å²) in [4.78, 5) is 12.3. The highest BCUT2D eigenvalue weighted by atomic mass is 16.1. The summed E-state index contributed by atoms with van der Waals surface area (Å²) in [6.07, 6.45) is 1.31. The number of carbonyl (C=O) groups excluding carboxylic acids is 1. The Morgan fingerprint density at radius 2 is 1.35 bits per heavy atom. The lowest BCUT2D eigenvalue weighted by Gasteiger charge is -2.08. The van der Waals surface area contributed by atoms with Gasteiger partial charge in [-0.05, 0) is 33.9 Å². The molecule has 0 unspecified atom stereocenters. The Morgan fingerprint density at radius 1 is 0.654 bits per heavy atom. The van der Waals surface area contributed by atoms with Crippen LogP contribution >= 0.6 is 0 Å². The minimum Gasteiger partial charge on any atom is -0.294 e. The normalized spacial score (nSPS) is 10.8. The van der Waals surface area contributed by atoms with Crippen LogP contribution in [0.15, 0.2) is 97.1 Å². The van der Waals surface area contributed by atoms with Crippen LogP contribution in [0.25, 0.3) is 21.9 Å². The van der Waals surface area contributed by atoms with Crippen molar-refractivity contribution in [3.8, 4) is 11.1 Å². The molecular weight excluding hydrogens is 316 g/mol. The van der Waals surface area contributed by atoms with Gasteiger partial charge in [-0.25, -0.2) is 0 Å². The van der Waals surface area contributed by atoms with Crippen molar-refractivity contribution in [2.24, 2.45) is 0 Å². The van der Waals surface area contributed by atoms with Crippen LogP contribution < -0.4 is 0 Å². The fourth-order valence-electron chi connectivity index (χ4n) is 3.35. The van der Waals surface area contributed by atoms with E-state index in [9.17, 15) is 4.79 Å². The van der Waals surface area contributed by atoms with Gasteiger partial charge in [-0.2, -0.15) is 0 Å². The summed E-state index contributed by atoms with van der Waals surface area (Å²) in [6, 6.07) is 33.0. The van der Waals surface area contributed by atoms with Crippen LogP contribution in [-0.4, -0.2) is 5.78 Å². The van der Waals surface area contributed by atoms with Crippen molar-refractivity contribution in [3.63, 3.8) is 0 Å². The average molecular weight is 336 g/mol. The highest BCUT2D eigenvalue weighted by molar-refractivity contribution is 5.97. The van der Waals surface area contributed by atoms with Gasteiger partial charge in [-0.3, -0.25) is 4.79 Å². The van der Waals surface area contributed by atoms with E-state index in [4.69, 9.17) is 0 Å². The zero-order valence-electron chi connectivity index (χ0n) is 14.6. The molecule has 4 aromatic rings. The molecule has 0 heterocycles. The van der Waals surface area contributed by atoms with Gasteiger partial charge >= 0.3 is 0 Å². The second kappa shape index (κ2) is 7.37. The van der Waals surface area contributed by atoms with Crippen LogP contribution in [-0.2, 0) is 6.42 Å². The van der Waals surface area contributed by atoms with Crippen LogP contribution in [0, 0.1) is 0 Å². The molecule has 0 aliphatic rings. The van der Waals surface area contributed by atoms with E-state index in [1.54, 1.807) is 0 Å². The predicted octanol–water partition coefficient (Wildman–Crippen LogP) is 6.32. The molecule has 0 aromatic heterocycles. The van der Waals surface area contributed by atoms with E-state index in [0.717, 1.165) is 12.0 Å². The van der Waals surface area contributed by atoms with E-state index in [0.29, 0.717) is 6.42 Å². The number of aryl methyl sites for hydroxylation is 1. The topological polar surface area (TPSA) is 17.1 Å². The molecule has 0 fully saturated rings. The molecule has 0 saturated heterocycles. The fraction of sp³-hybridized carbons (Fsp3) is 0.0800. The summed E-state index contributed by atoms with van der Waals surface area (Å²) in [6.45, 7) is 0. The number of ketones is 1. The third kappa shape index (κ3) is 3.43. The van der Waals surface area contributed by atoms with Gasteiger partial charge in [0.2, 0.25) is 0 Å². The second-order valence-corrected chi connectivity index (χ2v) is 6.51. The first-order valence-corrected chi connectivity index (χ1v) is 8.96. The Morgan fingerprint density at radius 3 is 2.15 bits per heavy atom. The van der Waals surface area contributed by atoms with E-state index >= 15 is 0 Å². The van der Waals surface area contributed by atoms with E-state index in [1.165, 1.54) is 27.5 Å². The van der Waals surface area contributed by atoms with Gasteiger partial charge in [0.15, 0.2) is 5.78 Å². The Kier molecular flexibility index (Phi) is 4.61. The lowest BCUT2D eigenvalue weighted by molar-refractivity contribution is 0.0983. The van der Waals surface area contributed by atoms with E-state index < -0.39 is 0 Å². The van der Waals surface area contributed by atoms with Crippen LogP contribution in [0.3, 0.4) is 0 Å². The van der Waals surface area contributed by atoms with Gasteiger partial charge in [0.1, 0.15) is 0 Å². The summed E-state index contributed by atoms with van der Waals surface area (Å²) in [7, 11) is 0. The van der Waals surface area contributed by atoms with Crippen molar-refractivity contribution in [2.75, 3.05) is 0 Å². The first-order chi connectivity index (χ1) is 12.8. The van der Waals surface area contributed by atoms with Crippen molar-refractivity contribution in [3.05, 3.63) is 108 Å². The van der Waals surface area contributed by atoms with Crippen molar-refractivity contribution in [1.29, 1.82) is 0 Å². The number of fused-ring (bicyclic) bond motifs is 1. The third-order valence-corrected chi connectivity index (χ3v) is 4.79. The van der Waals surface area contributed by atoms with E-state index in [-0.39, 0.29) is 5.78 Å². The number of carbonyl (C=O) groups is 1. The molecule has 4 aromatic carbocycles. The summed E-state index contributed by atoms with van der Waals surface area (Å²) < 4.78 is 0. The minimum atomic E-state index is 0.198. The highest BCUT2D eigenvalue weighted by Gasteiger charge is 2.07. The number of rotatable bonds is 5. The van der Waals surface area contributed by atoms with Crippen LogP contribution in [0.2, 0.25) is 0 Å². The highest BCUT2D eigenvalue weighted by Crippen LogP contribution is 2.28. The monoisotopic (exact) mass is 336 g/mol. The molecule has 1 heteroatoms. The van der Waals surface area contributed by atoms with Gasteiger partial charge in [-0.1, -0.05) is 97.1 Å². The summed E-state index contributed by atoms with van der Waals surface area (Å²) >= 11 is 0. The first-order valence-electron chi connectivity index (χ1n) is 8.96.